The van der Waals surface area contributed by atoms with Crippen LogP contribution < -0.4 is 5.32 Å². The summed E-state index contributed by atoms with van der Waals surface area (Å²) in [6.07, 6.45) is 0.776. The Labute approximate surface area is 99.9 Å². The van der Waals surface area contributed by atoms with Crippen LogP contribution in [0.25, 0.3) is 0 Å². The molecule has 0 aromatic heterocycles. The Balaban J connectivity index is 4.53. The fraction of sp³-hybridized carbons (Fsp3) is 0.923. The van der Waals surface area contributed by atoms with Gasteiger partial charge < -0.3 is 10.1 Å². The average Bonchev–Trinajstić information content (AvgIpc) is 1.99. The highest BCUT2D eigenvalue weighted by atomic mass is 16.5. The monoisotopic (exact) mass is 229 g/mol. The van der Waals surface area contributed by atoms with Crippen LogP contribution in [0.15, 0.2) is 0 Å². The van der Waals surface area contributed by atoms with Gasteiger partial charge in [-0.15, -0.1) is 0 Å². The average molecular weight is 229 g/mol. The van der Waals surface area contributed by atoms with Crippen molar-refractivity contribution in [3.63, 3.8) is 0 Å². The molecule has 0 radical (unpaired) electrons. The SMILES string of the molecule is COC(C)(C)CC(C)(C)NC(=O)C(C)(C)C. The first-order chi connectivity index (χ1) is 6.90. The zero-order valence-corrected chi connectivity index (χ0v) is 12.0. The van der Waals surface area contributed by atoms with Crippen molar-refractivity contribution in [2.24, 2.45) is 5.41 Å². The van der Waals surface area contributed by atoms with E-state index in [4.69, 9.17) is 4.74 Å². The second-order valence-corrected chi connectivity index (χ2v) is 6.73. The summed E-state index contributed by atoms with van der Waals surface area (Å²) < 4.78 is 5.39. The van der Waals surface area contributed by atoms with Gasteiger partial charge in [0.05, 0.1) is 5.60 Å². The third kappa shape index (κ3) is 5.50. The van der Waals surface area contributed by atoms with Crippen molar-refractivity contribution in [1.29, 1.82) is 0 Å². The Morgan fingerprint density at radius 2 is 1.50 bits per heavy atom. The maximum atomic E-state index is 11.9. The van der Waals surface area contributed by atoms with E-state index in [2.05, 4.69) is 5.32 Å². The molecule has 96 valence electrons. The van der Waals surface area contributed by atoms with Crippen LogP contribution in [-0.4, -0.2) is 24.2 Å². The summed E-state index contributed by atoms with van der Waals surface area (Å²) in [6, 6.07) is 0. The minimum atomic E-state index is -0.353. The summed E-state index contributed by atoms with van der Waals surface area (Å²) in [4.78, 5) is 11.9. The molecule has 0 aromatic carbocycles. The van der Waals surface area contributed by atoms with E-state index in [1.807, 2.05) is 48.5 Å². The number of carbonyl (C=O) groups is 1. The van der Waals surface area contributed by atoms with Crippen LogP contribution >= 0.6 is 0 Å². The Hall–Kier alpha value is -0.570. The van der Waals surface area contributed by atoms with Crippen molar-refractivity contribution in [3.8, 4) is 0 Å². The topological polar surface area (TPSA) is 38.3 Å². The molecule has 1 amide bonds. The zero-order valence-electron chi connectivity index (χ0n) is 12.0. The molecule has 0 unspecified atom stereocenters. The molecule has 0 heterocycles. The Morgan fingerprint density at radius 3 is 1.81 bits per heavy atom. The second kappa shape index (κ2) is 4.74. The lowest BCUT2D eigenvalue weighted by molar-refractivity contribution is -0.131. The maximum Gasteiger partial charge on any atom is 0.225 e. The van der Waals surface area contributed by atoms with E-state index >= 15 is 0 Å². The minimum Gasteiger partial charge on any atom is -0.379 e. The molecule has 16 heavy (non-hydrogen) atoms. The predicted molar refractivity (Wildman–Crippen MR) is 67.4 cm³/mol. The van der Waals surface area contributed by atoms with Gasteiger partial charge in [-0.3, -0.25) is 4.79 Å². The summed E-state index contributed by atoms with van der Waals surface area (Å²) in [5.74, 6) is 0.0735. The predicted octanol–water partition coefficient (Wildman–Crippen LogP) is 2.74. The highest BCUT2D eigenvalue weighted by molar-refractivity contribution is 5.82. The lowest BCUT2D eigenvalue weighted by Crippen LogP contribution is -2.51. The van der Waals surface area contributed by atoms with Gasteiger partial charge >= 0.3 is 0 Å². The van der Waals surface area contributed by atoms with E-state index < -0.39 is 0 Å². The van der Waals surface area contributed by atoms with Gasteiger partial charge in [0.15, 0.2) is 0 Å². The zero-order chi connectivity index (χ0) is 13.2. The standard InChI is InChI=1S/C13H27NO2/c1-11(2,3)10(15)14-12(4,5)9-13(6,7)16-8/h9H2,1-8H3,(H,14,15). The minimum absolute atomic E-state index is 0.0735. The quantitative estimate of drug-likeness (QED) is 0.805. The number of hydrogen-bond acceptors (Lipinski definition) is 2. The Morgan fingerprint density at radius 1 is 1.06 bits per heavy atom. The lowest BCUT2D eigenvalue weighted by Gasteiger charge is -2.36. The van der Waals surface area contributed by atoms with Crippen LogP contribution in [0.5, 0.6) is 0 Å². The van der Waals surface area contributed by atoms with Crippen LogP contribution in [0.3, 0.4) is 0 Å². The normalized spacial score (nSPS) is 13.8. The molecular formula is C13H27NO2. The molecule has 0 atom stereocenters. The number of carbonyl (C=O) groups excluding carboxylic acids is 1. The number of nitrogens with one attached hydrogen (secondary N) is 1. The molecule has 3 nitrogen and oxygen atoms in total. The van der Waals surface area contributed by atoms with Crippen molar-refractivity contribution in [2.45, 2.75) is 66.0 Å². The number of amides is 1. The van der Waals surface area contributed by atoms with Crippen LogP contribution in [0.4, 0.5) is 0 Å². The van der Waals surface area contributed by atoms with Crippen LogP contribution in [0.2, 0.25) is 0 Å². The summed E-state index contributed by atoms with van der Waals surface area (Å²) in [6.45, 7) is 13.9. The first kappa shape index (κ1) is 15.4. The number of rotatable bonds is 4. The molecule has 1 N–H and O–H groups in total. The molecule has 0 aliphatic heterocycles. The molecule has 0 aliphatic rings. The molecule has 3 heteroatoms. The molecule has 0 saturated carbocycles. The van der Waals surface area contributed by atoms with Gasteiger partial charge in [-0.1, -0.05) is 20.8 Å². The van der Waals surface area contributed by atoms with E-state index in [1.165, 1.54) is 0 Å². The third-order valence-corrected chi connectivity index (χ3v) is 2.55. The third-order valence-electron chi connectivity index (χ3n) is 2.55. The molecular weight excluding hydrogens is 202 g/mol. The molecule has 0 aromatic rings. The van der Waals surface area contributed by atoms with Crippen LogP contribution in [-0.2, 0) is 9.53 Å². The largest absolute Gasteiger partial charge is 0.379 e. The summed E-state index contributed by atoms with van der Waals surface area (Å²) in [7, 11) is 1.70. The first-order valence-corrected chi connectivity index (χ1v) is 5.77. The number of methoxy groups -OCH3 is 1. The molecule has 0 spiro atoms. The fourth-order valence-electron chi connectivity index (χ4n) is 1.68. The first-order valence-electron chi connectivity index (χ1n) is 5.77. The van der Waals surface area contributed by atoms with E-state index in [9.17, 15) is 4.79 Å². The summed E-state index contributed by atoms with van der Waals surface area (Å²) in [5, 5.41) is 3.07. The summed E-state index contributed by atoms with van der Waals surface area (Å²) in [5.41, 5.74) is -0.840. The van der Waals surface area contributed by atoms with E-state index in [0.717, 1.165) is 6.42 Å². The van der Waals surface area contributed by atoms with Crippen molar-refractivity contribution in [3.05, 3.63) is 0 Å². The van der Waals surface area contributed by atoms with E-state index in [0.29, 0.717) is 0 Å². The molecule has 0 fully saturated rings. The molecule has 0 rings (SSSR count). The van der Waals surface area contributed by atoms with Crippen molar-refractivity contribution >= 4 is 5.91 Å². The van der Waals surface area contributed by atoms with Gasteiger partial charge in [0.1, 0.15) is 0 Å². The number of hydrogen-bond donors (Lipinski definition) is 1. The van der Waals surface area contributed by atoms with Gasteiger partial charge in [0.2, 0.25) is 5.91 Å². The van der Waals surface area contributed by atoms with Crippen LogP contribution in [0.1, 0.15) is 54.9 Å². The highest BCUT2D eigenvalue weighted by Gasteiger charge is 2.32. The fourth-order valence-corrected chi connectivity index (χ4v) is 1.68. The van der Waals surface area contributed by atoms with Crippen molar-refractivity contribution in [2.75, 3.05) is 7.11 Å². The van der Waals surface area contributed by atoms with Gasteiger partial charge in [-0.2, -0.15) is 0 Å². The van der Waals surface area contributed by atoms with Crippen molar-refractivity contribution < 1.29 is 9.53 Å². The maximum absolute atomic E-state index is 11.9. The summed E-state index contributed by atoms with van der Waals surface area (Å²) >= 11 is 0. The molecule has 0 bridgehead atoms. The molecule has 0 saturated heterocycles. The van der Waals surface area contributed by atoms with E-state index in [1.54, 1.807) is 7.11 Å². The smallest absolute Gasteiger partial charge is 0.225 e. The van der Waals surface area contributed by atoms with Gasteiger partial charge in [0.25, 0.3) is 0 Å². The molecule has 0 aliphatic carbocycles. The lowest BCUT2D eigenvalue weighted by atomic mass is 9.87. The van der Waals surface area contributed by atoms with E-state index in [-0.39, 0.29) is 22.5 Å². The number of ether oxygens (including phenoxy) is 1. The Kier molecular flexibility index (Phi) is 4.57. The van der Waals surface area contributed by atoms with Gasteiger partial charge in [0, 0.05) is 18.1 Å². The van der Waals surface area contributed by atoms with Gasteiger partial charge in [-0.25, -0.2) is 0 Å². The second-order valence-electron chi connectivity index (χ2n) is 6.73. The Bertz CT molecular complexity index is 249. The van der Waals surface area contributed by atoms with Crippen LogP contribution in [0, 0.1) is 5.41 Å². The van der Waals surface area contributed by atoms with Gasteiger partial charge in [-0.05, 0) is 34.1 Å². The van der Waals surface area contributed by atoms with Crippen molar-refractivity contribution in [1.82, 2.24) is 5.32 Å². The highest BCUT2D eigenvalue weighted by Crippen LogP contribution is 2.24.